The lowest BCUT2D eigenvalue weighted by molar-refractivity contribution is 0.311. The van der Waals surface area contributed by atoms with Crippen LogP contribution >= 0.6 is 0 Å². The summed E-state index contributed by atoms with van der Waals surface area (Å²) in [5, 5.41) is 18.6. The number of aliphatic hydroxyl groups excluding tert-OH is 1. The van der Waals surface area contributed by atoms with Gasteiger partial charge in [-0.1, -0.05) is 0 Å². The Hall–Kier alpha value is -1.16. The number of aromatic nitrogens is 2. The molecule has 1 aromatic heterocycles. The SMILES string of the molecule is OCCNc1ccnnc1. The Morgan fingerprint density at radius 2 is 2.40 bits per heavy atom. The summed E-state index contributed by atoms with van der Waals surface area (Å²) in [6, 6.07) is 1.79. The molecule has 0 amide bonds. The van der Waals surface area contributed by atoms with Gasteiger partial charge in [0.25, 0.3) is 0 Å². The standard InChI is InChI=1S/C6H9N3O/c10-4-3-7-6-1-2-8-9-5-6/h1-2,5,10H,3-4H2,(H,7,8). The molecule has 54 valence electrons. The number of hydrogen-bond acceptors (Lipinski definition) is 4. The van der Waals surface area contributed by atoms with Gasteiger partial charge < -0.3 is 10.4 Å². The van der Waals surface area contributed by atoms with Gasteiger partial charge in [-0.25, -0.2) is 0 Å². The average molecular weight is 139 g/mol. The largest absolute Gasteiger partial charge is 0.395 e. The predicted octanol–water partition coefficient (Wildman–Crippen LogP) is -0.119. The molecule has 0 bridgehead atoms. The molecule has 0 aliphatic heterocycles. The van der Waals surface area contributed by atoms with E-state index in [-0.39, 0.29) is 6.61 Å². The third kappa shape index (κ3) is 1.99. The molecule has 4 heteroatoms. The molecule has 0 aromatic carbocycles. The Bertz CT molecular complexity index is 178. The molecule has 0 fully saturated rings. The number of aliphatic hydroxyl groups is 1. The van der Waals surface area contributed by atoms with E-state index in [1.54, 1.807) is 18.5 Å². The van der Waals surface area contributed by atoms with E-state index in [9.17, 15) is 0 Å². The van der Waals surface area contributed by atoms with Crippen molar-refractivity contribution in [2.24, 2.45) is 0 Å². The van der Waals surface area contributed by atoms with Gasteiger partial charge in [0.1, 0.15) is 0 Å². The lowest BCUT2D eigenvalue weighted by atomic mass is 10.5. The van der Waals surface area contributed by atoms with Crippen molar-refractivity contribution in [3.05, 3.63) is 18.5 Å². The number of hydrogen-bond donors (Lipinski definition) is 2. The van der Waals surface area contributed by atoms with Crippen LogP contribution in [0, 0.1) is 0 Å². The van der Waals surface area contributed by atoms with Gasteiger partial charge in [0.05, 0.1) is 24.7 Å². The van der Waals surface area contributed by atoms with Crippen molar-refractivity contribution >= 4 is 5.69 Å². The van der Waals surface area contributed by atoms with Crippen molar-refractivity contribution in [3.8, 4) is 0 Å². The van der Waals surface area contributed by atoms with Crippen molar-refractivity contribution in [2.75, 3.05) is 18.5 Å². The number of anilines is 1. The second kappa shape index (κ2) is 3.79. The molecule has 10 heavy (non-hydrogen) atoms. The average Bonchev–Trinajstić information content (AvgIpc) is 2.03. The quantitative estimate of drug-likeness (QED) is 0.613. The van der Waals surface area contributed by atoms with Crippen LogP contribution in [0.25, 0.3) is 0 Å². The van der Waals surface area contributed by atoms with Gasteiger partial charge in [0.15, 0.2) is 0 Å². The maximum Gasteiger partial charge on any atom is 0.0727 e. The summed E-state index contributed by atoms with van der Waals surface area (Å²) in [6.45, 7) is 0.675. The highest BCUT2D eigenvalue weighted by Crippen LogP contribution is 1.98. The maximum atomic E-state index is 8.43. The fourth-order valence-electron chi connectivity index (χ4n) is 0.596. The highest BCUT2D eigenvalue weighted by molar-refractivity contribution is 5.38. The van der Waals surface area contributed by atoms with Crippen LogP contribution in [-0.2, 0) is 0 Å². The molecular weight excluding hydrogens is 130 g/mol. The zero-order chi connectivity index (χ0) is 7.23. The smallest absolute Gasteiger partial charge is 0.0727 e. The van der Waals surface area contributed by atoms with Gasteiger partial charge in [-0.05, 0) is 6.07 Å². The monoisotopic (exact) mass is 139 g/mol. The van der Waals surface area contributed by atoms with Crippen LogP contribution in [0.2, 0.25) is 0 Å². The fraction of sp³-hybridized carbons (Fsp3) is 0.333. The number of nitrogens with one attached hydrogen (secondary N) is 1. The van der Waals surface area contributed by atoms with Crippen molar-refractivity contribution in [3.63, 3.8) is 0 Å². The Labute approximate surface area is 58.9 Å². The lowest BCUT2D eigenvalue weighted by Crippen LogP contribution is -2.05. The molecule has 0 aliphatic rings. The molecular formula is C6H9N3O. The summed E-state index contributed by atoms with van der Waals surface area (Å²) in [5.74, 6) is 0. The number of nitrogens with zero attached hydrogens (tertiary/aromatic N) is 2. The lowest BCUT2D eigenvalue weighted by Gasteiger charge is -2.00. The molecule has 1 rings (SSSR count). The molecule has 2 N–H and O–H groups in total. The van der Waals surface area contributed by atoms with E-state index in [1.807, 2.05) is 0 Å². The normalized spacial score (nSPS) is 9.30. The van der Waals surface area contributed by atoms with Crippen LogP contribution in [0.1, 0.15) is 0 Å². The summed E-state index contributed by atoms with van der Waals surface area (Å²) < 4.78 is 0. The first-order valence-corrected chi connectivity index (χ1v) is 3.05. The van der Waals surface area contributed by atoms with Crippen LogP contribution in [0.5, 0.6) is 0 Å². The highest BCUT2D eigenvalue weighted by Gasteiger charge is 1.86. The summed E-state index contributed by atoms with van der Waals surface area (Å²) >= 11 is 0. The fourth-order valence-corrected chi connectivity index (χ4v) is 0.596. The van der Waals surface area contributed by atoms with Gasteiger partial charge in [-0.2, -0.15) is 10.2 Å². The van der Waals surface area contributed by atoms with Crippen molar-refractivity contribution in [2.45, 2.75) is 0 Å². The van der Waals surface area contributed by atoms with Crippen molar-refractivity contribution in [1.82, 2.24) is 10.2 Å². The van der Waals surface area contributed by atoms with Gasteiger partial charge in [0, 0.05) is 6.54 Å². The first-order chi connectivity index (χ1) is 4.93. The Kier molecular flexibility index (Phi) is 2.63. The van der Waals surface area contributed by atoms with Gasteiger partial charge in [-0.3, -0.25) is 0 Å². The van der Waals surface area contributed by atoms with Crippen LogP contribution in [0.4, 0.5) is 5.69 Å². The van der Waals surface area contributed by atoms with Crippen LogP contribution in [0.15, 0.2) is 18.5 Å². The molecule has 0 saturated carbocycles. The first kappa shape index (κ1) is 6.95. The summed E-state index contributed by atoms with van der Waals surface area (Å²) in [5.41, 5.74) is 0.879. The zero-order valence-corrected chi connectivity index (χ0v) is 5.49. The second-order valence-electron chi connectivity index (χ2n) is 1.78. The first-order valence-electron chi connectivity index (χ1n) is 3.05. The number of rotatable bonds is 3. The Morgan fingerprint density at radius 3 is 3.00 bits per heavy atom. The summed E-state index contributed by atoms with van der Waals surface area (Å²) in [4.78, 5) is 0. The van der Waals surface area contributed by atoms with E-state index in [0.717, 1.165) is 5.69 Å². The molecule has 1 aromatic rings. The van der Waals surface area contributed by atoms with E-state index < -0.39 is 0 Å². The summed E-state index contributed by atoms with van der Waals surface area (Å²) in [6.07, 6.45) is 3.20. The molecule has 0 atom stereocenters. The maximum absolute atomic E-state index is 8.43. The molecule has 1 heterocycles. The third-order valence-electron chi connectivity index (χ3n) is 1.03. The molecule has 0 spiro atoms. The third-order valence-corrected chi connectivity index (χ3v) is 1.03. The zero-order valence-electron chi connectivity index (χ0n) is 5.49. The predicted molar refractivity (Wildman–Crippen MR) is 37.6 cm³/mol. The van der Waals surface area contributed by atoms with Crippen LogP contribution < -0.4 is 5.32 Å². The van der Waals surface area contributed by atoms with E-state index in [0.29, 0.717) is 6.54 Å². The van der Waals surface area contributed by atoms with Gasteiger partial charge >= 0.3 is 0 Å². The minimum absolute atomic E-state index is 0.127. The van der Waals surface area contributed by atoms with Crippen LogP contribution in [0.3, 0.4) is 0 Å². The Morgan fingerprint density at radius 1 is 1.50 bits per heavy atom. The highest BCUT2D eigenvalue weighted by atomic mass is 16.3. The van der Waals surface area contributed by atoms with Crippen molar-refractivity contribution in [1.29, 1.82) is 0 Å². The molecule has 0 aliphatic carbocycles. The van der Waals surface area contributed by atoms with E-state index in [2.05, 4.69) is 15.5 Å². The molecule has 0 saturated heterocycles. The minimum Gasteiger partial charge on any atom is -0.395 e. The van der Waals surface area contributed by atoms with Gasteiger partial charge in [-0.15, -0.1) is 0 Å². The van der Waals surface area contributed by atoms with Crippen LogP contribution in [-0.4, -0.2) is 28.5 Å². The summed E-state index contributed by atoms with van der Waals surface area (Å²) in [7, 11) is 0. The van der Waals surface area contributed by atoms with Gasteiger partial charge in [0.2, 0.25) is 0 Å². The van der Waals surface area contributed by atoms with Crippen molar-refractivity contribution < 1.29 is 5.11 Å². The van der Waals surface area contributed by atoms with E-state index in [1.165, 1.54) is 0 Å². The molecule has 0 unspecified atom stereocenters. The minimum atomic E-state index is 0.127. The topological polar surface area (TPSA) is 58.0 Å². The second-order valence-corrected chi connectivity index (χ2v) is 1.78. The van der Waals surface area contributed by atoms with E-state index in [4.69, 9.17) is 5.11 Å². The molecule has 0 radical (unpaired) electrons. The molecule has 4 nitrogen and oxygen atoms in total. The van der Waals surface area contributed by atoms with E-state index >= 15 is 0 Å². The Balaban J connectivity index is 2.43.